The Kier molecular flexibility index (Phi) is 6.58. The van der Waals surface area contributed by atoms with Crippen LogP contribution in [0.2, 0.25) is 5.02 Å². The molecule has 4 rings (SSSR count). The van der Waals surface area contributed by atoms with E-state index in [-0.39, 0.29) is 5.56 Å². The summed E-state index contributed by atoms with van der Waals surface area (Å²) in [5.41, 5.74) is 3.19. The summed E-state index contributed by atoms with van der Waals surface area (Å²) >= 11 is 6.02. The highest BCUT2D eigenvalue weighted by molar-refractivity contribution is 7.92. The van der Waals surface area contributed by atoms with Crippen molar-refractivity contribution in [3.63, 3.8) is 0 Å². The summed E-state index contributed by atoms with van der Waals surface area (Å²) < 4.78 is 29.5. The van der Waals surface area contributed by atoms with E-state index in [0.29, 0.717) is 34.4 Å². The van der Waals surface area contributed by atoms with Gasteiger partial charge in [0.2, 0.25) is 15.8 Å². The van der Waals surface area contributed by atoms with E-state index in [1.165, 1.54) is 0 Å². The molecule has 0 spiro atoms. The maximum absolute atomic E-state index is 13.0. The average molecular weight is 485 g/mol. The van der Waals surface area contributed by atoms with Crippen LogP contribution in [0.5, 0.6) is 0 Å². The highest BCUT2D eigenvalue weighted by Crippen LogP contribution is 2.26. The van der Waals surface area contributed by atoms with Crippen molar-refractivity contribution in [2.24, 2.45) is 0 Å². The van der Waals surface area contributed by atoms with Crippen molar-refractivity contribution in [1.82, 2.24) is 14.0 Å². The summed E-state index contributed by atoms with van der Waals surface area (Å²) in [5, 5.41) is 0.631. The summed E-state index contributed by atoms with van der Waals surface area (Å²) in [6.07, 6.45) is 5.87. The Labute approximate surface area is 197 Å². The lowest BCUT2D eigenvalue weighted by Gasteiger charge is -2.16. The first-order valence-corrected chi connectivity index (χ1v) is 13.0. The van der Waals surface area contributed by atoms with Gasteiger partial charge in [-0.1, -0.05) is 55.6 Å². The fourth-order valence-electron chi connectivity index (χ4n) is 3.79. The molecule has 0 aliphatic carbocycles. The van der Waals surface area contributed by atoms with E-state index in [1.807, 2.05) is 22.8 Å². The van der Waals surface area contributed by atoms with Gasteiger partial charge < -0.3 is 4.57 Å². The maximum atomic E-state index is 13.0. The SMILES string of the molecule is CCCCCn1c(-c2cccc(NS(C)(=O)=O)c2)cc(=O)n2cc(-c3ccc(Cl)cc3)nc12. The number of halogens is 1. The number of fused-ring (bicyclic) bond motifs is 1. The van der Waals surface area contributed by atoms with Crippen LogP contribution in [-0.4, -0.2) is 28.6 Å². The number of unbranched alkanes of at least 4 members (excludes halogenated alkanes) is 2. The lowest BCUT2D eigenvalue weighted by molar-refractivity contribution is 0.605. The number of rotatable bonds is 8. The molecule has 2 heterocycles. The molecule has 0 radical (unpaired) electrons. The molecule has 0 saturated carbocycles. The first kappa shape index (κ1) is 23.1. The van der Waals surface area contributed by atoms with Gasteiger partial charge in [-0.15, -0.1) is 0 Å². The molecule has 172 valence electrons. The Balaban J connectivity index is 1.89. The van der Waals surface area contributed by atoms with Crippen molar-refractivity contribution in [1.29, 1.82) is 0 Å². The van der Waals surface area contributed by atoms with Gasteiger partial charge in [-0.2, -0.15) is 0 Å². The molecule has 0 fully saturated rings. The summed E-state index contributed by atoms with van der Waals surface area (Å²) in [6.45, 7) is 2.81. The monoisotopic (exact) mass is 484 g/mol. The molecule has 9 heteroatoms. The predicted octanol–water partition coefficient (Wildman–Crippen LogP) is 5.05. The van der Waals surface area contributed by atoms with Gasteiger partial charge in [0.15, 0.2) is 0 Å². The molecule has 0 unspecified atom stereocenters. The fourth-order valence-corrected chi connectivity index (χ4v) is 4.47. The highest BCUT2D eigenvalue weighted by Gasteiger charge is 2.15. The van der Waals surface area contributed by atoms with Crippen molar-refractivity contribution in [2.75, 3.05) is 11.0 Å². The third kappa shape index (κ3) is 5.29. The van der Waals surface area contributed by atoms with E-state index in [9.17, 15) is 13.2 Å². The average Bonchev–Trinajstić information content (AvgIpc) is 3.21. The first-order valence-electron chi connectivity index (χ1n) is 10.7. The van der Waals surface area contributed by atoms with Crippen molar-refractivity contribution in [2.45, 2.75) is 32.7 Å². The lowest BCUT2D eigenvalue weighted by Crippen LogP contribution is -2.19. The van der Waals surface area contributed by atoms with Crippen LogP contribution in [-0.2, 0) is 16.6 Å². The van der Waals surface area contributed by atoms with E-state index in [4.69, 9.17) is 16.6 Å². The van der Waals surface area contributed by atoms with Gasteiger partial charge in [0, 0.05) is 40.6 Å². The Morgan fingerprint density at radius 2 is 1.79 bits per heavy atom. The van der Waals surface area contributed by atoms with Crippen molar-refractivity contribution in [3.8, 4) is 22.5 Å². The molecule has 2 aromatic carbocycles. The zero-order valence-electron chi connectivity index (χ0n) is 18.5. The van der Waals surface area contributed by atoms with Crippen LogP contribution in [0, 0.1) is 0 Å². The van der Waals surface area contributed by atoms with Crippen LogP contribution in [0.15, 0.2) is 65.6 Å². The second-order valence-corrected chi connectivity index (χ2v) is 10.2. The molecule has 0 bridgehead atoms. The van der Waals surface area contributed by atoms with Crippen LogP contribution < -0.4 is 10.3 Å². The van der Waals surface area contributed by atoms with Crippen LogP contribution in [0.1, 0.15) is 26.2 Å². The van der Waals surface area contributed by atoms with Crippen LogP contribution in [0.4, 0.5) is 5.69 Å². The van der Waals surface area contributed by atoms with E-state index in [2.05, 4.69) is 11.6 Å². The third-order valence-electron chi connectivity index (χ3n) is 5.30. The molecular formula is C24H25ClN4O3S. The van der Waals surface area contributed by atoms with Gasteiger partial charge in [0.25, 0.3) is 5.56 Å². The quantitative estimate of drug-likeness (QED) is 0.355. The minimum Gasteiger partial charge on any atom is -0.311 e. The second kappa shape index (κ2) is 9.41. The largest absolute Gasteiger partial charge is 0.311 e. The normalized spacial score (nSPS) is 11.7. The van der Waals surface area contributed by atoms with Gasteiger partial charge in [-0.05, 0) is 30.7 Å². The molecule has 0 atom stereocenters. The molecule has 0 aliphatic heterocycles. The molecule has 33 heavy (non-hydrogen) atoms. The summed E-state index contributed by atoms with van der Waals surface area (Å²) in [5.74, 6) is 0.542. The Hall–Kier alpha value is -3.10. The van der Waals surface area contributed by atoms with Crippen LogP contribution in [0.3, 0.4) is 0 Å². The summed E-state index contributed by atoms with van der Waals surface area (Å²) in [6, 6.07) is 15.9. The molecule has 7 nitrogen and oxygen atoms in total. The minimum atomic E-state index is -3.42. The first-order chi connectivity index (χ1) is 15.7. The number of nitrogens with zero attached hydrogens (tertiary/aromatic N) is 3. The Morgan fingerprint density at radius 3 is 2.48 bits per heavy atom. The predicted molar refractivity (Wildman–Crippen MR) is 133 cm³/mol. The maximum Gasteiger partial charge on any atom is 0.259 e. The zero-order chi connectivity index (χ0) is 23.6. The highest BCUT2D eigenvalue weighted by atomic mass is 35.5. The second-order valence-electron chi connectivity index (χ2n) is 7.98. The van der Waals surface area contributed by atoms with Crippen molar-refractivity contribution >= 4 is 33.1 Å². The molecule has 0 saturated heterocycles. The molecular weight excluding hydrogens is 460 g/mol. The van der Waals surface area contributed by atoms with Gasteiger partial charge in [-0.3, -0.25) is 13.9 Å². The number of hydrogen-bond donors (Lipinski definition) is 1. The molecule has 0 aliphatic rings. The van der Waals surface area contributed by atoms with Crippen LogP contribution >= 0.6 is 11.6 Å². The van der Waals surface area contributed by atoms with Gasteiger partial charge in [0.1, 0.15) is 0 Å². The molecule has 1 N–H and O–H groups in total. The number of sulfonamides is 1. The fraction of sp³-hybridized carbons (Fsp3) is 0.250. The van der Waals surface area contributed by atoms with E-state index in [0.717, 1.165) is 36.6 Å². The van der Waals surface area contributed by atoms with Crippen molar-refractivity contribution < 1.29 is 8.42 Å². The number of hydrogen-bond acceptors (Lipinski definition) is 4. The molecule has 2 aromatic heterocycles. The van der Waals surface area contributed by atoms with E-state index in [1.54, 1.807) is 47.0 Å². The number of aromatic nitrogens is 3. The number of nitrogens with one attached hydrogen (secondary N) is 1. The number of anilines is 1. The zero-order valence-corrected chi connectivity index (χ0v) is 20.0. The summed E-state index contributed by atoms with van der Waals surface area (Å²) in [7, 11) is -3.42. The van der Waals surface area contributed by atoms with E-state index >= 15 is 0 Å². The number of benzene rings is 2. The van der Waals surface area contributed by atoms with Gasteiger partial charge in [0.05, 0.1) is 17.6 Å². The smallest absolute Gasteiger partial charge is 0.259 e. The lowest BCUT2D eigenvalue weighted by atomic mass is 10.1. The third-order valence-corrected chi connectivity index (χ3v) is 6.16. The topological polar surface area (TPSA) is 85.5 Å². The minimum absolute atomic E-state index is 0.207. The van der Waals surface area contributed by atoms with E-state index < -0.39 is 10.0 Å². The number of imidazole rings is 1. The molecule has 0 amide bonds. The Morgan fingerprint density at radius 1 is 1.03 bits per heavy atom. The molecule has 4 aromatic rings. The number of aryl methyl sites for hydroxylation is 1. The Bertz CT molecular complexity index is 1460. The van der Waals surface area contributed by atoms with Gasteiger partial charge >= 0.3 is 0 Å². The van der Waals surface area contributed by atoms with Gasteiger partial charge in [-0.25, -0.2) is 13.4 Å². The standard InChI is InChI=1S/C24H25ClN4O3S/c1-3-4-5-13-28-22(18-7-6-8-20(14-18)27-33(2,31)32)15-23(30)29-16-21(26-24(28)29)17-9-11-19(25)12-10-17/h6-12,14-16,27H,3-5,13H2,1-2H3. The van der Waals surface area contributed by atoms with Crippen molar-refractivity contribution in [3.05, 3.63) is 76.2 Å². The van der Waals surface area contributed by atoms with Crippen LogP contribution in [0.25, 0.3) is 28.3 Å². The summed E-state index contributed by atoms with van der Waals surface area (Å²) in [4.78, 5) is 17.8.